The molecule has 1 aliphatic rings. The lowest BCUT2D eigenvalue weighted by atomic mass is 9.94. The molecular weight excluding hydrogens is 1710 g/mol. The number of phenols is 2. The lowest BCUT2D eigenvalue weighted by molar-refractivity contribution is -0.142. The van der Waals surface area contributed by atoms with Gasteiger partial charge in [0.25, 0.3) is 0 Å². The minimum Gasteiger partial charge on any atom is -0.508 e. The second-order valence-corrected chi connectivity index (χ2v) is 33.9. The number of hydrogen-bond donors (Lipinski definition) is 29. The summed E-state index contributed by atoms with van der Waals surface area (Å²) in [7, 11) is 0. The van der Waals surface area contributed by atoms with Gasteiger partial charge in [0.2, 0.25) is 88.6 Å². The maximum absolute atomic E-state index is 14.9. The third-order valence-electron chi connectivity index (χ3n) is 21.0. The first-order valence-corrected chi connectivity index (χ1v) is 43.1. The van der Waals surface area contributed by atoms with Crippen LogP contribution < -0.4 is 121 Å². The first-order valence-electron chi connectivity index (χ1n) is 42.0. The van der Waals surface area contributed by atoms with Crippen molar-refractivity contribution in [2.75, 3.05) is 45.0 Å². The third kappa shape index (κ3) is 37.1. The van der Waals surface area contributed by atoms with Gasteiger partial charge >= 0.3 is 5.97 Å². The van der Waals surface area contributed by atoms with Crippen LogP contribution in [0.4, 0.5) is 0 Å². The molecule has 19 atom stereocenters. The van der Waals surface area contributed by atoms with Crippen molar-refractivity contribution < 1.29 is 102 Å². The minimum atomic E-state index is -1.98. The average molecular weight is 1850 g/mol. The Morgan fingerprint density at radius 3 is 1.21 bits per heavy atom. The maximum Gasteiger partial charge on any atom is 0.326 e. The van der Waals surface area contributed by atoms with Crippen molar-refractivity contribution in [2.24, 2.45) is 79.3 Å². The summed E-state index contributed by atoms with van der Waals surface area (Å²) in [5, 5.41) is 84.1. The summed E-state index contributed by atoms with van der Waals surface area (Å²) in [5.41, 5.74) is 52.4. The van der Waals surface area contributed by atoms with Gasteiger partial charge in [-0.3, -0.25) is 81.9 Å². The average Bonchev–Trinajstić information content (AvgIpc) is 1.68. The van der Waals surface area contributed by atoms with E-state index in [0.29, 0.717) is 17.5 Å². The number of likely N-dealkylation sites (tertiary alicyclic amines) is 1. The van der Waals surface area contributed by atoms with Crippen molar-refractivity contribution in [3.63, 3.8) is 0 Å². The predicted octanol–water partition coefficient (Wildman–Crippen LogP) is -8.64. The molecule has 2 aromatic rings. The molecule has 0 bridgehead atoms. The number of hydrogen-bond acceptors (Lipinski definition) is 28. The molecule has 2 aromatic carbocycles. The Bertz CT molecular complexity index is 4140. The number of aliphatic carboxylic acids is 1. The van der Waals surface area contributed by atoms with Crippen molar-refractivity contribution >= 4 is 132 Å². The summed E-state index contributed by atoms with van der Waals surface area (Å²) >= 11 is 8.86. The van der Waals surface area contributed by atoms with Crippen LogP contribution in [-0.2, 0) is 89.6 Å². The van der Waals surface area contributed by atoms with Gasteiger partial charge < -0.3 is 151 Å². The number of amides is 15. The maximum atomic E-state index is 14.9. The number of thiol groups is 2. The van der Waals surface area contributed by atoms with E-state index in [4.69, 9.17) is 51.6 Å². The fraction of sp³-hybridized carbons (Fsp3) is 0.625. The normalized spacial score (nSPS) is 17.1. The number of carboxylic acid groups (broad SMARTS) is 1. The number of carboxylic acids is 1. The first kappa shape index (κ1) is 111. The lowest BCUT2D eigenvalue weighted by Crippen LogP contribution is -2.64. The van der Waals surface area contributed by atoms with E-state index >= 15 is 0 Å². The number of nitrogens with two attached hydrogens (primary N) is 9. The number of primary amides is 1. The number of nitrogens with zero attached hydrogens (tertiary/aromatic N) is 3. The molecular formula is C80H133N25O21S2. The van der Waals surface area contributed by atoms with Gasteiger partial charge in [0.15, 0.2) is 11.9 Å². The largest absolute Gasteiger partial charge is 0.508 e. The summed E-state index contributed by atoms with van der Waals surface area (Å²) in [6, 6.07) is -12.4. The van der Waals surface area contributed by atoms with E-state index in [2.05, 4.69) is 104 Å². The van der Waals surface area contributed by atoms with Crippen molar-refractivity contribution in [3.8, 4) is 11.5 Å². The quantitative estimate of drug-likeness (QED) is 0.0127. The van der Waals surface area contributed by atoms with Gasteiger partial charge in [0.1, 0.15) is 96.1 Å². The van der Waals surface area contributed by atoms with Crippen LogP contribution in [0, 0.1) is 17.8 Å². The SMILES string of the molecule is CC[C@H](C)[C@H](NC(=O)[C@@H](NC(=O)[C@@H]1C[C@@H](O)CN1C(=O)[C@@H](N)C(C)C)[C@@H](C)CC)C(=O)N[C@@H](Cc1ccc(O)cc1)C(=O)N[C@H](C(=O)N[C@@H](CC(N)=O)C(=O)N[C@@H](CCCN=C(N)N)C(=O)N[C@@H](CCN)C(=O)N[C@H](C(=O)N[C@H](CCN)C(=O)N[C@@H](CS)C(=O)N[C@@H](CCN)C(=O)N[C@@H](CCCN=C(N)N)C(=O)N[C@@H](Cc1ccc(O)cc1)C(=O)O)[C@@H](C)O)C(C)(C)S. The predicted molar refractivity (Wildman–Crippen MR) is 477 cm³/mol. The van der Waals surface area contributed by atoms with E-state index in [-0.39, 0.29) is 133 Å². The molecule has 0 spiro atoms. The number of aliphatic hydroxyl groups is 2. The van der Waals surface area contributed by atoms with Gasteiger partial charge in [-0.05, 0) is 138 Å². The second kappa shape index (κ2) is 54.7. The van der Waals surface area contributed by atoms with Crippen LogP contribution in [0.25, 0.3) is 0 Å². The topological polar surface area (TPSA) is 793 Å². The molecule has 0 radical (unpaired) electrons. The highest BCUT2D eigenvalue weighted by Gasteiger charge is 2.45. The van der Waals surface area contributed by atoms with E-state index in [9.17, 15) is 102 Å². The van der Waals surface area contributed by atoms with Gasteiger partial charge in [-0.25, -0.2) is 4.79 Å². The van der Waals surface area contributed by atoms with Gasteiger partial charge in [-0.1, -0.05) is 78.6 Å². The molecule has 0 aliphatic carbocycles. The molecule has 1 saturated heterocycles. The summed E-state index contributed by atoms with van der Waals surface area (Å²) < 4.78 is -1.60. The monoisotopic (exact) mass is 1840 g/mol. The molecule has 0 aromatic heterocycles. The summed E-state index contributed by atoms with van der Waals surface area (Å²) in [5.74, 6) is -19.7. The molecule has 15 amide bonds. The number of aromatic hydroxyl groups is 2. The summed E-state index contributed by atoms with van der Waals surface area (Å²) in [4.78, 5) is 234. The van der Waals surface area contributed by atoms with Crippen LogP contribution in [0.1, 0.15) is 144 Å². The number of nitrogens with one attached hydrogen (secondary N) is 13. The molecule has 3 rings (SSSR count). The molecule has 1 heterocycles. The molecule has 1 fully saturated rings. The van der Waals surface area contributed by atoms with Gasteiger partial charge in [0.05, 0.1) is 24.7 Å². The highest BCUT2D eigenvalue weighted by molar-refractivity contribution is 7.81. The molecule has 1 aliphatic heterocycles. The number of aliphatic imine (C=N–C) groups is 2. The van der Waals surface area contributed by atoms with Crippen LogP contribution in [-0.4, -0.2) is 290 Å². The number of benzene rings is 2. The number of rotatable bonds is 56. The molecule has 48 heteroatoms. The van der Waals surface area contributed by atoms with E-state index in [0.717, 1.165) is 6.92 Å². The van der Waals surface area contributed by atoms with Crippen molar-refractivity contribution in [1.29, 1.82) is 0 Å². The molecule has 46 nitrogen and oxygen atoms in total. The standard InChI is InChI=1S/C80H133N25O21S2/c1-10-39(5)59(102-73(121)60(40(6)11-2)101-71(119)56-34-46(109)36-105(56)76(124)58(85)38(3)4)72(120)97-52(32-42-16-20-44(107)21-17-42)69(117)104-62(80(8,9)128)75(123)98-53(35-57(84)110)68(116)93-47(14-12-30-90-78(86)87)63(111)94-51(26-29-83)67(115)103-61(41(7)106)74(122)96-50(25-28-82)66(114)100-55(37-127)70(118)95-49(24-27-81)65(113)92-48(15-13-31-91-79(88)89)64(112)99-54(77(125)126)33-43-18-22-45(108)23-19-43/h16-23,38-41,46-56,58-62,106-109,127-128H,10-15,24-37,81-83,85H2,1-9H3,(H2,84,110)(H,92,113)(H,93,116)(H,94,111)(H,95,118)(H,96,122)(H,97,120)(H,98,123)(H,99,112)(H,100,114)(H,101,119)(H,102,121)(H,103,115)(H,104,117)(H,125,126)(H4,86,87,90)(H4,88,89,91)/t39-,40-,41+,46+,47-,48-,49-,50+,51-,52-,53-,54-,55-,56-,58-,59-,60-,61-,62+/m0/s1. The Labute approximate surface area is 753 Å². The van der Waals surface area contributed by atoms with E-state index in [1.165, 1.54) is 67.3 Å². The number of β-amino-alcohol motifs (C(OH)–C–C–N with tert-alkyl or cyclic N) is 1. The molecule has 36 N–H and O–H groups in total. The highest BCUT2D eigenvalue weighted by Crippen LogP contribution is 2.24. The molecule has 716 valence electrons. The van der Waals surface area contributed by atoms with E-state index in [1.807, 2.05) is 0 Å². The number of carbonyl (C=O) groups excluding carboxylic acids is 15. The summed E-state index contributed by atoms with van der Waals surface area (Å²) in [6.07, 6.45) is -5.49. The van der Waals surface area contributed by atoms with Crippen LogP contribution in [0.15, 0.2) is 58.5 Å². The number of guanidine groups is 2. The number of carbonyl (C=O) groups is 16. The zero-order valence-corrected chi connectivity index (χ0v) is 75.3. The molecule has 0 saturated carbocycles. The second-order valence-electron chi connectivity index (χ2n) is 32.3. The Morgan fingerprint density at radius 2 is 0.820 bits per heavy atom. The van der Waals surface area contributed by atoms with E-state index in [1.54, 1.807) is 41.5 Å². The Hall–Kier alpha value is -11.4. The molecule has 0 unspecified atom stereocenters. The Kier molecular flexibility index (Phi) is 47.3. The van der Waals surface area contributed by atoms with Gasteiger partial charge in [0, 0.05) is 49.4 Å². The minimum absolute atomic E-state index is 0.0217. The highest BCUT2D eigenvalue weighted by atomic mass is 32.1. The first-order chi connectivity index (χ1) is 60.1. The number of phenolic OH excluding ortho intramolecular Hbond substituents is 2. The smallest absolute Gasteiger partial charge is 0.326 e. The Balaban J connectivity index is 1.93. The fourth-order valence-corrected chi connectivity index (χ4v) is 13.6. The van der Waals surface area contributed by atoms with Crippen molar-refractivity contribution in [2.45, 2.75) is 253 Å². The molecule has 128 heavy (non-hydrogen) atoms. The van der Waals surface area contributed by atoms with Crippen LogP contribution in [0.2, 0.25) is 0 Å². The third-order valence-corrected chi connectivity index (χ3v) is 21.7. The number of aliphatic hydroxyl groups excluding tert-OH is 2. The van der Waals surface area contributed by atoms with Gasteiger partial charge in [-0.2, -0.15) is 25.3 Å². The lowest BCUT2D eigenvalue weighted by Gasteiger charge is -2.33. The fourth-order valence-electron chi connectivity index (χ4n) is 13.2. The van der Waals surface area contributed by atoms with Crippen LogP contribution in [0.3, 0.4) is 0 Å². The summed E-state index contributed by atoms with van der Waals surface area (Å²) in [6.45, 7) is 12.9. The van der Waals surface area contributed by atoms with Crippen molar-refractivity contribution in [1.82, 2.24) is 74.0 Å². The van der Waals surface area contributed by atoms with Crippen molar-refractivity contribution in [3.05, 3.63) is 59.7 Å². The van der Waals surface area contributed by atoms with Crippen LogP contribution >= 0.6 is 25.3 Å². The van der Waals surface area contributed by atoms with Crippen LogP contribution in [0.5, 0.6) is 11.5 Å². The van der Waals surface area contributed by atoms with Gasteiger partial charge in [-0.15, -0.1) is 0 Å². The zero-order chi connectivity index (χ0) is 96.7. The van der Waals surface area contributed by atoms with E-state index < -0.39 is 233 Å². The zero-order valence-electron chi connectivity index (χ0n) is 73.5. The Morgan fingerprint density at radius 1 is 0.477 bits per heavy atom.